The lowest BCUT2D eigenvalue weighted by molar-refractivity contribution is -0.147. The molecule has 0 aliphatic rings. The molecule has 0 unspecified atom stereocenters. The normalized spacial score (nSPS) is 11.2. The minimum Gasteiger partial charge on any atom is -0.464 e. The largest absolute Gasteiger partial charge is 0.464 e. The fourth-order valence-electron chi connectivity index (χ4n) is 1.05. The molecule has 1 N–H and O–H groups in total. The van der Waals surface area contributed by atoms with Gasteiger partial charge in [-0.15, -0.1) is 11.3 Å². The molecular weight excluding hydrogens is 278 g/mol. The second-order valence-corrected chi connectivity index (χ2v) is 6.04. The Kier molecular flexibility index (Phi) is 4.16. The Morgan fingerprint density at radius 1 is 1.60 bits per heavy atom. The topological polar surface area (TPSA) is 38.3 Å². The van der Waals surface area contributed by atoms with Crippen LogP contribution in [-0.4, -0.2) is 18.1 Å². The van der Waals surface area contributed by atoms with E-state index in [1.54, 1.807) is 32.1 Å². The maximum absolute atomic E-state index is 11.6. The Labute approximate surface area is 102 Å². The summed E-state index contributed by atoms with van der Waals surface area (Å²) in [6.07, 6.45) is 0. The molecule has 84 valence electrons. The van der Waals surface area contributed by atoms with Crippen LogP contribution < -0.4 is 5.32 Å². The van der Waals surface area contributed by atoms with E-state index in [2.05, 4.69) is 21.2 Å². The summed E-state index contributed by atoms with van der Waals surface area (Å²) in [4.78, 5) is 11.6. The second kappa shape index (κ2) is 4.99. The summed E-state index contributed by atoms with van der Waals surface area (Å²) in [5.74, 6) is -0.241. The Balaban J connectivity index is 2.67. The second-order valence-electron chi connectivity index (χ2n) is 3.57. The third-order valence-corrected chi connectivity index (χ3v) is 3.33. The number of esters is 1. The lowest BCUT2D eigenvalue weighted by Crippen LogP contribution is -2.41. The fourth-order valence-corrected chi connectivity index (χ4v) is 2.50. The maximum atomic E-state index is 11.6. The van der Waals surface area contributed by atoms with Crippen molar-refractivity contribution in [1.82, 2.24) is 0 Å². The van der Waals surface area contributed by atoms with Crippen LogP contribution in [-0.2, 0) is 9.53 Å². The van der Waals surface area contributed by atoms with E-state index in [-0.39, 0.29) is 5.97 Å². The summed E-state index contributed by atoms with van der Waals surface area (Å²) in [5.41, 5.74) is -0.694. The third-order valence-electron chi connectivity index (χ3n) is 1.79. The van der Waals surface area contributed by atoms with Crippen LogP contribution in [0.1, 0.15) is 20.8 Å². The quantitative estimate of drug-likeness (QED) is 0.866. The molecular formula is C10H14BrNO2S. The van der Waals surface area contributed by atoms with Crippen molar-refractivity contribution in [2.75, 3.05) is 11.9 Å². The molecule has 0 saturated carbocycles. The van der Waals surface area contributed by atoms with E-state index in [0.717, 1.165) is 8.79 Å². The van der Waals surface area contributed by atoms with Gasteiger partial charge in [0.25, 0.3) is 0 Å². The lowest BCUT2D eigenvalue weighted by atomic mass is 10.1. The predicted molar refractivity (Wildman–Crippen MR) is 66.4 cm³/mol. The van der Waals surface area contributed by atoms with Crippen LogP contribution in [0.15, 0.2) is 15.9 Å². The van der Waals surface area contributed by atoms with Crippen LogP contribution in [0.3, 0.4) is 0 Å². The molecule has 0 aliphatic heterocycles. The zero-order valence-corrected chi connectivity index (χ0v) is 11.4. The Hall–Kier alpha value is -0.550. The van der Waals surface area contributed by atoms with Gasteiger partial charge in [0.1, 0.15) is 5.54 Å². The zero-order chi connectivity index (χ0) is 11.5. The molecule has 3 nitrogen and oxygen atoms in total. The van der Waals surface area contributed by atoms with Gasteiger partial charge in [0.15, 0.2) is 0 Å². The molecule has 5 heteroatoms. The Morgan fingerprint density at radius 2 is 2.27 bits per heavy atom. The van der Waals surface area contributed by atoms with Crippen molar-refractivity contribution in [2.45, 2.75) is 26.3 Å². The summed E-state index contributed by atoms with van der Waals surface area (Å²) in [5, 5.41) is 4.08. The number of carbonyl (C=O) groups excluding carboxylic acids is 1. The summed E-state index contributed by atoms with van der Waals surface area (Å²) < 4.78 is 6.01. The number of carbonyl (C=O) groups is 1. The van der Waals surface area contributed by atoms with Gasteiger partial charge in [-0.3, -0.25) is 0 Å². The first kappa shape index (κ1) is 12.5. The van der Waals surface area contributed by atoms with Crippen molar-refractivity contribution < 1.29 is 9.53 Å². The summed E-state index contributed by atoms with van der Waals surface area (Å²) in [7, 11) is 0. The number of halogens is 1. The van der Waals surface area contributed by atoms with E-state index in [1.807, 2.05) is 12.1 Å². The minimum atomic E-state index is -0.694. The monoisotopic (exact) mass is 291 g/mol. The van der Waals surface area contributed by atoms with Gasteiger partial charge >= 0.3 is 5.97 Å². The summed E-state index contributed by atoms with van der Waals surface area (Å²) >= 11 is 4.92. The highest BCUT2D eigenvalue weighted by molar-refractivity contribution is 9.11. The summed E-state index contributed by atoms with van der Waals surface area (Å²) in [6.45, 7) is 5.81. The standard InChI is InChI=1S/C10H14BrNO2S/c1-4-14-9(13)10(2,3)12-8-6-5-7(11)15-8/h5-6,12H,4H2,1-3H3. The Morgan fingerprint density at radius 3 is 2.73 bits per heavy atom. The van der Waals surface area contributed by atoms with Gasteiger partial charge in [0.05, 0.1) is 15.4 Å². The van der Waals surface area contributed by atoms with Gasteiger partial charge in [-0.25, -0.2) is 4.79 Å². The van der Waals surface area contributed by atoms with Crippen molar-refractivity contribution in [2.24, 2.45) is 0 Å². The van der Waals surface area contributed by atoms with Crippen LogP contribution in [0.4, 0.5) is 5.00 Å². The van der Waals surface area contributed by atoms with Gasteiger partial charge in [0.2, 0.25) is 0 Å². The molecule has 0 radical (unpaired) electrons. The smallest absolute Gasteiger partial charge is 0.331 e. The van der Waals surface area contributed by atoms with Crippen LogP contribution in [0, 0.1) is 0 Å². The molecule has 0 aliphatic carbocycles. The van der Waals surface area contributed by atoms with E-state index in [4.69, 9.17) is 4.74 Å². The number of hydrogen-bond donors (Lipinski definition) is 1. The number of nitrogens with one attached hydrogen (secondary N) is 1. The number of thiophene rings is 1. The molecule has 1 heterocycles. The average molecular weight is 292 g/mol. The SMILES string of the molecule is CCOC(=O)C(C)(C)Nc1ccc(Br)s1. The van der Waals surface area contributed by atoms with Crippen molar-refractivity contribution in [3.05, 3.63) is 15.9 Å². The van der Waals surface area contributed by atoms with Crippen molar-refractivity contribution in [3.63, 3.8) is 0 Å². The number of rotatable bonds is 4. The Bertz CT molecular complexity index is 349. The molecule has 0 bridgehead atoms. The summed E-state index contributed by atoms with van der Waals surface area (Å²) in [6, 6.07) is 3.87. The van der Waals surface area contributed by atoms with Crippen LogP contribution in [0.2, 0.25) is 0 Å². The van der Waals surface area contributed by atoms with E-state index in [1.165, 1.54) is 0 Å². The van der Waals surface area contributed by atoms with Crippen LogP contribution in [0.5, 0.6) is 0 Å². The first-order chi connectivity index (χ1) is 6.95. The van der Waals surface area contributed by atoms with Gasteiger partial charge in [-0.2, -0.15) is 0 Å². The van der Waals surface area contributed by atoms with E-state index < -0.39 is 5.54 Å². The van der Waals surface area contributed by atoms with Crippen molar-refractivity contribution in [1.29, 1.82) is 0 Å². The molecule has 0 fully saturated rings. The predicted octanol–water partition coefficient (Wildman–Crippen LogP) is 3.26. The molecule has 0 amide bonds. The van der Waals surface area contributed by atoms with E-state index >= 15 is 0 Å². The lowest BCUT2D eigenvalue weighted by Gasteiger charge is -2.23. The maximum Gasteiger partial charge on any atom is 0.331 e. The minimum absolute atomic E-state index is 0.241. The number of hydrogen-bond acceptors (Lipinski definition) is 4. The third kappa shape index (κ3) is 3.50. The zero-order valence-electron chi connectivity index (χ0n) is 8.96. The highest BCUT2D eigenvalue weighted by Gasteiger charge is 2.29. The van der Waals surface area contributed by atoms with Gasteiger partial charge in [0, 0.05) is 0 Å². The van der Waals surface area contributed by atoms with Crippen molar-refractivity contribution in [3.8, 4) is 0 Å². The van der Waals surface area contributed by atoms with Gasteiger partial charge in [-0.1, -0.05) is 0 Å². The van der Waals surface area contributed by atoms with Gasteiger partial charge < -0.3 is 10.1 Å². The van der Waals surface area contributed by atoms with Crippen molar-refractivity contribution >= 4 is 38.2 Å². The molecule has 1 aromatic rings. The van der Waals surface area contributed by atoms with Gasteiger partial charge in [-0.05, 0) is 48.8 Å². The molecule has 0 saturated heterocycles. The van der Waals surface area contributed by atoms with E-state index in [0.29, 0.717) is 6.61 Å². The molecule has 0 aromatic carbocycles. The molecule has 15 heavy (non-hydrogen) atoms. The number of anilines is 1. The van der Waals surface area contributed by atoms with Crippen LogP contribution in [0.25, 0.3) is 0 Å². The first-order valence-corrected chi connectivity index (χ1v) is 6.27. The molecule has 1 aromatic heterocycles. The highest BCUT2D eigenvalue weighted by Crippen LogP contribution is 2.29. The molecule has 0 atom stereocenters. The molecule has 1 rings (SSSR count). The fraction of sp³-hybridized carbons (Fsp3) is 0.500. The first-order valence-electron chi connectivity index (χ1n) is 4.66. The van der Waals surface area contributed by atoms with Crippen LogP contribution >= 0.6 is 27.3 Å². The van der Waals surface area contributed by atoms with E-state index in [9.17, 15) is 4.79 Å². The average Bonchev–Trinajstić information content (AvgIpc) is 2.50. The number of ether oxygens (including phenoxy) is 1. The highest BCUT2D eigenvalue weighted by atomic mass is 79.9. The molecule has 0 spiro atoms.